The van der Waals surface area contributed by atoms with Gasteiger partial charge in [0.15, 0.2) is 0 Å². The van der Waals surface area contributed by atoms with Gasteiger partial charge in [0.05, 0.1) is 18.9 Å². The standard InChI is InChI=1S/C41H56N8O13/c1-21(2)16-27(47-40(60)34(23(4)50)49-39(59)28(44-24(5)51)17-25-12-8-6-9-13-25)37(57)46-29(19-32(42)52)36(56)43-22(3)35(55)45-30(20-33(53)54)38(58)48-31(41(61)62)18-26-14-10-7-11-15-26/h6-15,21-23,27-31,34,50H,16-20H2,1-5H3,(H2,42,52)(H,43,56)(H,44,51)(H,45,55)(H,46,57)(H,47,60)(H,48,58)(H,49,59)(H,53,54)(H,61,62)/t22-,23-,27-,28-,29-,30-,31-,34-/m0/s1. The first-order valence-electron chi connectivity index (χ1n) is 19.7. The van der Waals surface area contributed by atoms with Crippen LogP contribution in [-0.2, 0) is 60.8 Å². The molecule has 0 aliphatic heterocycles. The molecule has 21 nitrogen and oxygen atoms in total. The minimum atomic E-state index is -1.80. The molecule has 62 heavy (non-hydrogen) atoms. The lowest BCUT2D eigenvalue weighted by Gasteiger charge is -2.28. The Bertz CT molecular complexity index is 1910. The van der Waals surface area contributed by atoms with Crippen molar-refractivity contribution in [3.05, 3.63) is 71.8 Å². The summed E-state index contributed by atoms with van der Waals surface area (Å²) in [5, 5.41) is 46.0. The third kappa shape index (κ3) is 18.2. The average molecular weight is 869 g/mol. The molecule has 0 fully saturated rings. The number of primary amides is 1. The number of rotatable bonds is 25. The fourth-order valence-corrected chi connectivity index (χ4v) is 5.99. The van der Waals surface area contributed by atoms with Crippen LogP contribution in [0.2, 0.25) is 0 Å². The molecule has 0 saturated carbocycles. The molecule has 0 radical (unpaired) electrons. The third-order valence-electron chi connectivity index (χ3n) is 9.08. The second kappa shape index (κ2) is 25.0. The van der Waals surface area contributed by atoms with Crippen molar-refractivity contribution in [2.75, 3.05) is 0 Å². The fourth-order valence-electron chi connectivity index (χ4n) is 5.99. The Labute approximate surface area is 357 Å². The molecule has 8 atom stereocenters. The van der Waals surface area contributed by atoms with Crippen molar-refractivity contribution in [1.29, 1.82) is 0 Å². The molecule has 0 saturated heterocycles. The normalized spacial score (nSPS) is 14.8. The highest BCUT2D eigenvalue weighted by atomic mass is 16.4. The minimum absolute atomic E-state index is 0.0447. The second-order valence-corrected chi connectivity index (χ2v) is 15.1. The highest BCUT2D eigenvalue weighted by Crippen LogP contribution is 2.10. The molecule has 2 aromatic rings. The number of aliphatic hydroxyl groups excluding tert-OH is 1. The van der Waals surface area contributed by atoms with Gasteiger partial charge in [-0.2, -0.15) is 0 Å². The zero-order valence-electron chi connectivity index (χ0n) is 35.0. The number of hydrogen-bond donors (Lipinski definition) is 11. The molecule has 0 aliphatic rings. The lowest BCUT2D eigenvalue weighted by Crippen LogP contribution is -2.61. The van der Waals surface area contributed by atoms with Crippen molar-refractivity contribution >= 4 is 59.2 Å². The summed E-state index contributed by atoms with van der Waals surface area (Å²) < 4.78 is 0. The van der Waals surface area contributed by atoms with Gasteiger partial charge >= 0.3 is 11.9 Å². The van der Waals surface area contributed by atoms with E-state index in [-0.39, 0.29) is 25.2 Å². The third-order valence-corrected chi connectivity index (χ3v) is 9.08. The van der Waals surface area contributed by atoms with E-state index in [0.29, 0.717) is 11.1 Å². The molecule has 0 aromatic heterocycles. The Morgan fingerprint density at radius 1 is 0.532 bits per heavy atom. The van der Waals surface area contributed by atoms with E-state index >= 15 is 0 Å². The highest BCUT2D eigenvalue weighted by molar-refractivity contribution is 5.99. The lowest BCUT2D eigenvalue weighted by atomic mass is 10.0. The van der Waals surface area contributed by atoms with E-state index in [4.69, 9.17) is 5.73 Å². The van der Waals surface area contributed by atoms with E-state index < -0.39 is 120 Å². The first-order chi connectivity index (χ1) is 29.1. The van der Waals surface area contributed by atoms with Crippen LogP contribution >= 0.6 is 0 Å². The Balaban J connectivity index is 2.21. The van der Waals surface area contributed by atoms with Crippen LogP contribution in [0.4, 0.5) is 0 Å². The van der Waals surface area contributed by atoms with Crippen molar-refractivity contribution < 1.29 is 63.3 Å². The smallest absolute Gasteiger partial charge is 0.326 e. The van der Waals surface area contributed by atoms with Crippen molar-refractivity contribution in [1.82, 2.24) is 37.2 Å². The Hall–Kier alpha value is -6.90. The van der Waals surface area contributed by atoms with Crippen LogP contribution in [0, 0.1) is 5.92 Å². The number of carboxylic acid groups (broad SMARTS) is 2. The van der Waals surface area contributed by atoms with Gasteiger partial charge in [-0.15, -0.1) is 0 Å². The zero-order chi connectivity index (χ0) is 46.7. The lowest BCUT2D eigenvalue weighted by molar-refractivity contribution is -0.143. The SMILES string of the molecule is CC(=O)N[C@@H](Cc1ccccc1)C(=O)N[C@H](C(=O)N[C@@H](CC(C)C)C(=O)N[C@@H](CC(N)=O)C(=O)N[C@@H](C)C(=O)N[C@@H](CC(=O)O)C(=O)N[C@@H](Cc1ccccc1)C(=O)O)[C@H](C)O. The van der Waals surface area contributed by atoms with Crippen LogP contribution in [-0.4, -0.2) is 123 Å². The summed E-state index contributed by atoms with van der Waals surface area (Å²) in [7, 11) is 0. The molecule has 8 amide bonds. The van der Waals surface area contributed by atoms with Crippen LogP contribution in [0.15, 0.2) is 60.7 Å². The second-order valence-electron chi connectivity index (χ2n) is 15.1. The van der Waals surface area contributed by atoms with Gasteiger partial charge in [0.2, 0.25) is 47.3 Å². The maximum atomic E-state index is 13.7. The summed E-state index contributed by atoms with van der Waals surface area (Å²) in [5.41, 5.74) is 6.59. The molecule has 338 valence electrons. The number of carbonyl (C=O) groups excluding carboxylic acids is 8. The summed E-state index contributed by atoms with van der Waals surface area (Å²) in [6, 6.07) is 6.14. The summed E-state index contributed by atoms with van der Waals surface area (Å²) >= 11 is 0. The number of aliphatic carboxylic acids is 2. The number of hydrogen-bond acceptors (Lipinski definition) is 11. The molecule has 0 heterocycles. The molecule has 2 rings (SSSR count). The quantitative estimate of drug-likeness (QED) is 0.0504. The molecular formula is C41H56N8O13. The molecule has 0 bridgehead atoms. The van der Waals surface area contributed by atoms with Gasteiger partial charge < -0.3 is 58.3 Å². The summed E-state index contributed by atoms with van der Waals surface area (Å²) in [6.45, 7) is 6.97. The van der Waals surface area contributed by atoms with Gasteiger partial charge in [-0.05, 0) is 37.3 Å². The first-order valence-corrected chi connectivity index (χ1v) is 19.7. The van der Waals surface area contributed by atoms with E-state index in [9.17, 15) is 63.3 Å². The number of nitrogens with two attached hydrogens (primary N) is 1. The largest absolute Gasteiger partial charge is 0.481 e. The molecular weight excluding hydrogens is 812 g/mol. The van der Waals surface area contributed by atoms with E-state index in [1.54, 1.807) is 74.5 Å². The van der Waals surface area contributed by atoms with Gasteiger partial charge in [-0.25, -0.2) is 4.79 Å². The topological polar surface area (TPSA) is 342 Å². The average Bonchev–Trinajstić information content (AvgIpc) is 3.18. The number of carboxylic acids is 2. The number of amides is 8. The maximum Gasteiger partial charge on any atom is 0.326 e. The van der Waals surface area contributed by atoms with Gasteiger partial charge in [0.25, 0.3) is 0 Å². The predicted octanol–water partition coefficient (Wildman–Crippen LogP) is -2.23. The van der Waals surface area contributed by atoms with Crippen molar-refractivity contribution in [3.63, 3.8) is 0 Å². The van der Waals surface area contributed by atoms with Gasteiger partial charge in [0, 0.05) is 19.8 Å². The van der Waals surface area contributed by atoms with Crippen molar-refractivity contribution in [2.45, 2.75) is 115 Å². The van der Waals surface area contributed by atoms with Gasteiger partial charge in [0.1, 0.15) is 42.3 Å². The van der Waals surface area contributed by atoms with Gasteiger partial charge in [-0.1, -0.05) is 74.5 Å². The molecule has 2 aromatic carbocycles. The Kier molecular flexibility index (Phi) is 20.7. The molecule has 0 aliphatic carbocycles. The molecule has 0 unspecified atom stereocenters. The molecule has 12 N–H and O–H groups in total. The first kappa shape index (κ1) is 51.2. The van der Waals surface area contributed by atoms with Crippen LogP contribution in [0.3, 0.4) is 0 Å². The van der Waals surface area contributed by atoms with Crippen molar-refractivity contribution in [3.8, 4) is 0 Å². The highest BCUT2D eigenvalue weighted by Gasteiger charge is 2.35. The number of benzene rings is 2. The van der Waals surface area contributed by atoms with Crippen LogP contribution in [0.25, 0.3) is 0 Å². The maximum absolute atomic E-state index is 13.7. The number of nitrogens with one attached hydrogen (secondary N) is 7. The monoisotopic (exact) mass is 868 g/mol. The van der Waals surface area contributed by atoms with E-state index in [0.717, 1.165) is 6.92 Å². The summed E-state index contributed by atoms with van der Waals surface area (Å²) in [5.74, 6) is -11.0. The van der Waals surface area contributed by atoms with E-state index in [1.807, 2.05) is 0 Å². The fraction of sp³-hybridized carbons (Fsp3) is 0.463. The van der Waals surface area contributed by atoms with E-state index in [2.05, 4.69) is 37.2 Å². The van der Waals surface area contributed by atoms with Crippen LogP contribution in [0.1, 0.15) is 65.0 Å². The van der Waals surface area contributed by atoms with E-state index in [1.165, 1.54) is 13.8 Å². The Morgan fingerprint density at radius 2 is 0.968 bits per heavy atom. The minimum Gasteiger partial charge on any atom is -0.481 e. The predicted molar refractivity (Wildman–Crippen MR) is 220 cm³/mol. The van der Waals surface area contributed by atoms with Gasteiger partial charge in [-0.3, -0.25) is 43.2 Å². The zero-order valence-corrected chi connectivity index (χ0v) is 35.0. The molecule has 21 heteroatoms. The van der Waals surface area contributed by atoms with Crippen LogP contribution in [0.5, 0.6) is 0 Å². The van der Waals surface area contributed by atoms with Crippen LogP contribution < -0.4 is 43.0 Å². The van der Waals surface area contributed by atoms with Crippen molar-refractivity contribution in [2.24, 2.45) is 11.7 Å². The summed E-state index contributed by atoms with van der Waals surface area (Å²) in [6.07, 6.45) is -3.44. The number of aliphatic hydroxyl groups is 1. The molecule has 0 spiro atoms. The summed E-state index contributed by atoms with van der Waals surface area (Å²) in [4.78, 5) is 128. The number of carbonyl (C=O) groups is 10. The Morgan fingerprint density at radius 3 is 1.44 bits per heavy atom.